The third-order valence-corrected chi connectivity index (χ3v) is 4.43. The van der Waals surface area contributed by atoms with Crippen LogP contribution in [0.3, 0.4) is 0 Å². The lowest BCUT2D eigenvalue weighted by Crippen LogP contribution is -2.17. The normalized spacial score (nSPS) is 17.6. The molecule has 4 rings (SSSR count). The van der Waals surface area contributed by atoms with E-state index in [1.807, 2.05) is 23.0 Å². The van der Waals surface area contributed by atoms with Crippen LogP contribution in [0.4, 0.5) is 0 Å². The monoisotopic (exact) mass is 365 g/mol. The molecule has 27 heavy (non-hydrogen) atoms. The minimum atomic E-state index is 0.250. The molecule has 7 nitrogen and oxygen atoms in total. The summed E-state index contributed by atoms with van der Waals surface area (Å²) in [6.07, 6.45) is 3.41. The van der Waals surface area contributed by atoms with Gasteiger partial charge in [0, 0.05) is 18.5 Å². The van der Waals surface area contributed by atoms with E-state index >= 15 is 0 Å². The summed E-state index contributed by atoms with van der Waals surface area (Å²) in [4.78, 5) is 8.58. The number of nitrogens with two attached hydrogens (primary N) is 1. The van der Waals surface area contributed by atoms with Gasteiger partial charge in [0.1, 0.15) is 5.75 Å². The zero-order valence-corrected chi connectivity index (χ0v) is 14.9. The number of carbonyl (C=O) groups is 1. The predicted molar refractivity (Wildman–Crippen MR) is 102 cm³/mol. The first kappa shape index (κ1) is 18.6. The second-order valence-corrected chi connectivity index (χ2v) is 6.45. The second-order valence-electron chi connectivity index (χ2n) is 6.45. The number of aromatic hydroxyl groups is 1. The molecule has 1 aliphatic rings. The molecule has 1 heterocycles. The van der Waals surface area contributed by atoms with Gasteiger partial charge < -0.3 is 16.2 Å². The Morgan fingerprint density at radius 3 is 2.59 bits per heavy atom. The van der Waals surface area contributed by atoms with Gasteiger partial charge in [0.15, 0.2) is 0 Å². The average molecular weight is 365 g/mol. The minimum Gasteiger partial charge on any atom is -0.508 e. The van der Waals surface area contributed by atoms with E-state index in [9.17, 15) is 5.11 Å². The summed E-state index contributed by atoms with van der Waals surface area (Å²) in [5, 5.41) is 21.3. The van der Waals surface area contributed by atoms with E-state index < -0.39 is 0 Å². The van der Waals surface area contributed by atoms with Crippen LogP contribution in [0.2, 0.25) is 0 Å². The maximum Gasteiger partial charge on any atom is 0.204 e. The second kappa shape index (κ2) is 8.95. The Balaban J connectivity index is 0.000000659. The van der Waals surface area contributed by atoms with Crippen molar-refractivity contribution in [2.75, 3.05) is 0 Å². The van der Waals surface area contributed by atoms with E-state index in [0.29, 0.717) is 18.5 Å². The van der Waals surface area contributed by atoms with Crippen molar-refractivity contribution in [3.63, 3.8) is 0 Å². The summed E-state index contributed by atoms with van der Waals surface area (Å²) in [5.74, 6) is 0.901. The third-order valence-electron chi connectivity index (χ3n) is 4.43. The fourth-order valence-electron chi connectivity index (χ4n) is 3.01. The molecule has 2 unspecified atom stereocenters. The van der Waals surface area contributed by atoms with Crippen molar-refractivity contribution < 1.29 is 9.90 Å². The van der Waals surface area contributed by atoms with Crippen LogP contribution in [0.5, 0.6) is 5.75 Å². The van der Waals surface area contributed by atoms with Gasteiger partial charge >= 0.3 is 0 Å². The lowest BCUT2D eigenvalue weighted by Gasteiger charge is -2.02. The zero-order valence-electron chi connectivity index (χ0n) is 14.9. The molecule has 3 aromatic rings. The van der Waals surface area contributed by atoms with E-state index in [-0.39, 0.29) is 12.2 Å². The van der Waals surface area contributed by atoms with Gasteiger partial charge in [-0.15, -0.1) is 5.10 Å². The highest BCUT2D eigenvalue weighted by Gasteiger charge is 2.37. The van der Waals surface area contributed by atoms with Crippen molar-refractivity contribution in [1.29, 1.82) is 0 Å². The molecular weight excluding hydrogens is 342 g/mol. The summed E-state index contributed by atoms with van der Waals surface area (Å²) < 4.78 is 1.82. The Morgan fingerprint density at radius 2 is 1.89 bits per heavy atom. The lowest BCUT2D eigenvalue weighted by molar-refractivity contribution is -0.106. The van der Waals surface area contributed by atoms with E-state index in [1.165, 1.54) is 12.0 Å². The number of nitrogens with zero attached hydrogens (tertiary/aromatic N) is 3. The molecular formula is C20H23N5O2. The van der Waals surface area contributed by atoms with Crippen LogP contribution in [0.1, 0.15) is 29.2 Å². The number of aromatic nitrogens is 3. The number of amides is 1. The smallest absolute Gasteiger partial charge is 0.204 e. The number of nitrogens with one attached hydrogen (secondary N) is 1. The molecule has 4 N–H and O–H groups in total. The summed E-state index contributed by atoms with van der Waals surface area (Å²) in [6.45, 7) is 1.40. The number of rotatable bonds is 6. The molecule has 1 amide bonds. The van der Waals surface area contributed by atoms with Crippen molar-refractivity contribution in [1.82, 2.24) is 20.3 Å². The van der Waals surface area contributed by atoms with Crippen LogP contribution < -0.4 is 11.1 Å². The first-order valence-corrected chi connectivity index (χ1v) is 8.80. The number of carbonyl (C=O) groups excluding carboxylic acids is 1. The van der Waals surface area contributed by atoms with Gasteiger partial charge in [-0.2, -0.15) is 0 Å². The molecule has 2 aromatic carbocycles. The molecule has 0 saturated heterocycles. The molecule has 1 aliphatic carbocycles. The van der Waals surface area contributed by atoms with E-state index in [1.54, 1.807) is 12.1 Å². The van der Waals surface area contributed by atoms with Gasteiger partial charge in [-0.25, -0.2) is 4.68 Å². The van der Waals surface area contributed by atoms with Crippen molar-refractivity contribution in [3.05, 3.63) is 77.6 Å². The molecule has 0 aliphatic heterocycles. The Hall–Kier alpha value is -3.19. The summed E-state index contributed by atoms with van der Waals surface area (Å²) in [6, 6.07) is 18.3. The molecule has 0 spiro atoms. The van der Waals surface area contributed by atoms with Crippen LogP contribution in [-0.2, 0) is 17.9 Å². The van der Waals surface area contributed by atoms with Crippen LogP contribution in [0.25, 0.3) is 0 Å². The van der Waals surface area contributed by atoms with Gasteiger partial charge in [-0.3, -0.25) is 4.79 Å². The molecule has 2 atom stereocenters. The fourth-order valence-corrected chi connectivity index (χ4v) is 3.01. The third kappa shape index (κ3) is 5.39. The topological polar surface area (TPSA) is 106 Å². The van der Waals surface area contributed by atoms with Crippen LogP contribution in [-0.4, -0.2) is 32.6 Å². The zero-order chi connectivity index (χ0) is 19.1. The fraction of sp³-hybridized carbons (Fsp3) is 0.250. The SMILES string of the molecule is NC=O.Oc1ccc(Cn2cc(CNC3CC3c3ccccc3)nn2)cc1. The van der Waals surface area contributed by atoms with Gasteiger partial charge in [-0.1, -0.05) is 47.7 Å². The van der Waals surface area contributed by atoms with E-state index in [4.69, 9.17) is 4.79 Å². The highest BCUT2D eigenvalue weighted by Crippen LogP contribution is 2.40. The number of benzene rings is 2. The molecule has 0 bridgehead atoms. The molecule has 0 radical (unpaired) electrons. The first-order valence-electron chi connectivity index (χ1n) is 8.80. The van der Waals surface area contributed by atoms with Crippen LogP contribution in [0, 0.1) is 0 Å². The number of phenols is 1. The number of hydrogen-bond acceptors (Lipinski definition) is 5. The molecule has 1 fully saturated rings. The van der Waals surface area contributed by atoms with Gasteiger partial charge in [0.2, 0.25) is 6.41 Å². The summed E-state index contributed by atoms with van der Waals surface area (Å²) in [5.41, 5.74) is 7.61. The molecule has 7 heteroatoms. The van der Waals surface area contributed by atoms with E-state index in [2.05, 4.69) is 51.7 Å². The summed E-state index contributed by atoms with van der Waals surface area (Å²) >= 11 is 0. The van der Waals surface area contributed by atoms with Crippen molar-refractivity contribution in [2.24, 2.45) is 5.73 Å². The summed E-state index contributed by atoms with van der Waals surface area (Å²) in [7, 11) is 0. The molecule has 140 valence electrons. The Bertz CT molecular complexity index is 848. The first-order chi connectivity index (χ1) is 13.2. The average Bonchev–Trinajstić information content (AvgIpc) is 3.34. The number of phenolic OH excluding ortho intramolecular Hbond substituents is 1. The van der Waals surface area contributed by atoms with Crippen molar-refractivity contribution in [2.45, 2.75) is 31.5 Å². The van der Waals surface area contributed by atoms with Gasteiger partial charge in [0.05, 0.1) is 18.4 Å². The van der Waals surface area contributed by atoms with Crippen LogP contribution in [0.15, 0.2) is 60.8 Å². The largest absolute Gasteiger partial charge is 0.508 e. The maximum absolute atomic E-state index is 9.32. The van der Waals surface area contributed by atoms with E-state index in [0.717, 1.165) is 17.8 Å². The van der Waals surface area contributed by atoms with Gasteiger partial charge in [-0.05, 0) is 29.7 Å². The quantitative estimate of drug-likeness (QED) is 0.577. The van der Waals surface area contributed by atoms with Gasteiger partial charge in [0.25, 0.3) is 0 Å². The predicted octanol–water partition coefficient (Wildman–Crippen LogP) is 1.78. The van der Waals surface area contributed by atoms with Crippen LogP contribution >= 0.6 is 0 Å². The standard InChI is InChI=1S/C19H20N4O.CH3NO/c24-17-8-6-14(7-9-17)12-23-13-16(21-22-23)11-20-19-10-18(19)15-4-2-1-3-5-15;2-1-3/h1-9,13,18-20,24H,10-12H2;1H,(H2,2,3). The van der Waals surface area contributed by atoms with Crippen molar-refractivity contribution >= 4 is 6.41 Å². The lowest BCUT2D eigenvalue weighted by atomic mass is 10.1. The highest BCUT2D eigenvalue weighted by molar-refractivity contribution is 5.42. The Kier molecular flexibility index (Phi) is 6.17. The highest BCUT2D eigenvalue weighted by atomic mass is 16.3. The maximum atomic E-state index is 9.32. The molecule has 1 aromatic heterocycles. The molecule has 1 saturated carbocycles. The Morgan fingerprint density at radius 1 is 1.19 bits per heavy atom. The van der Waals surface area contributed by atoms with Crippen molar-refractivity contribution in [3.8, 4) is 5.75 Å². The number of hydrogen-bond donors (Lipinski definition) is 3. The Labute approximate surface area is 157 Å². The number of primary amides is 1. The minimum absolute atomic E-state index is 0.250.